The summed E-state index contributed by atoms with van der Waals surface area (Å²) < 4.78 is 5.14. The third kappa shape index (κ3) is 3.24. The Hall–Kier alpha value is -2.04. The Morgan fingerprint density at radius 2 is 2.42 bits per heavy atom. The van der Waals surface area contributed by atoms with Gasteiger partial charge < -0.3 is 15.0 Å². The first-order valence-electron chi connectivity index (χ1n) is 6.36. The fourth-order valence-electron chi connectivity index (χ4n) is 2.38. The van der Waals surface area contributed by atoms with E-state index in [1.807, 2.05) is 24.3 Å². The van der Waals surface area contributed by atoms with E-state index in [0.717, 1.165) is 24.2 Å². The average Bonchev–Trinajstić information content (AvgIpc) is 2.88. The molecule has 1 fully saturated rings. The van der Waals surface area contributed by atoms with Gasteiger partial charge in [0.1, 0.15) is 11.9 Å². The average molecular weight is 262 g/mol. The maximum atomic E-state index is 12.2. The maximum absolute atomic E-state index is 12.2. The summed E-state index contributed by atoms with van der Waals surface area (Å²) in [7, 11) is 1.60. The van der Waals surface area contributed by atoms with Crippen LogP contribution in [-0.4, -0.2) is 37.0 Å². The quantitative estimate of drug-likeness (QED) is 0.803. The molecule has 1 aliphatic rings. The van der Waals surface area contributed by atoms with Gasteiger partial charge >= 0.3 is 0 Å². The number of hydrogen-bond donors (Lipinski definition) is 1. The van der Waals surface area contributed by atoms with Crippen molar-refractivity contribution in [2.45, 2.75) is 25.4 Å². The van der Waals surface area contributed by atoms with Crippen LogP contribution < -0.4 is 10.1 Å². The van der Waals surface area contributed by atoms with E-state index in [9.17, 15) is 9.59 Å². The molecular formula is C14H18N2O3. The lowest BCUT2D eigenvalue weighted by molar-refractivity contribution is -0.132. The summed E-state index contributed by atoms with van der Waals surface area (Å²) in [5.74, 6) is 0.777. The minimum Gasteiger partial charge on any atom is -0.497 e. The summed E-state index contributed by atoms with van der Waals surface area (Å²) in [5.41, 5.74) is 0.918. The molecule has 0 bridgehead atoms. The second-order valence-corrected chi connectivity index (χ2v) is 4.56. The predicted octanol–water partition coefficient (Wildman–Crippen LogP) is 0.932. The summed E-state index contributed by atoms with van der Waals surface area (Å²) in [6.07, 6.45) is 2.57. The smallest absolute Gasteiger partial charge is 0.228 e. The highest BCUT2D eigenvalue weighted by Crippen LogP contribution is 2.18. The van der Waals surface area contributed by atoms with Crippen molar-refractivity contribution in [3.8, 4) is 5.75 Å². The molecule has 5 heteroatoms. The maximum Gasteiger partial charge on any atom is 0.228 e. The number of likely N-dealkylation sites (tertiary alicyclic amines) is 1. The number of amides is 2. The topological polar surface area (TPSA) is 58.6 Å². The molecule has 0 radical (unpaired) electrons. The Labute approximate surface area is 112 Å². The summed E-state index contributed by atoms with van der Waals surface area (Å²) in [4.78, 5) is 24.5. The van der Waals surface area contributed by atoms with Gasteiger partial charge in [0.05, 0.1) is 13.5 Å². The van der Waals surface area contributed by atoms with E-state index in [1.165, 1.54) is 0 Å². The van der Waals surface area contributed by atoms with Crippen molar-refractivity contribution in [2.24, 2.45) is 0 Å². The number of nitrogens with zero attached hydrogens (tertiary/aromatic N) is 1. The molecule has 1 aliphatic heterocycles. The van der Waals surface area contributed by atoms with Crippen LogP contribution in [0, 0.1) is 0 Å². The Bertz CT molecular complexity index is 462. The van der Waals surface area contributed by atoms with Crippen LogP contribution in [-0.2, 0) is 16.0 Å². The van der Waals surface area contributed by atoms with Crippen LogP contribution >= 0.6 is 0 Å². The van der Waals surface area contributed by atoms with Crippen molar-refractivity contribution >= 4 is 12.3 Å². The highest BCUT2D eigenvalue weighted by molar-refractivity contribution is 5.79. The first kappa shape index (κ1) is 13.4. The third-order valence-corrected chi connectivity index (χ3v) is 3.32. The number of methoxy groups -OCH3 is 1. The van der Waals surface area contributed by atoms with Gasteiger partial charge in [-0.25, -0.2) is 0 Å². The zero-order valence-electron chi connectivity index (χ0n) is 11.0. The number of ether oxygens (including phenoxy) is 1. The third-order valence-electron chi connectivity index (χ3n) is 3.32. The minimum absolute atomic E-state index is 0.0325. The number of carbonyl (C=O) groups is 2. The Morgan fingerprint density at radius 1 is 1.58 bits per heavy atom. The summed E-state index contributed by atoms with van der Waals surface area (Å²) in [6.45, 7) is 0.703. The largest absolute Gasteiger partial charge is 0.497 e. The number of benzene rings is 1. The first-order valence-corrected chi connectivity index (χ1v) is 6.36. The van der Waals surface area contributed by atoms with Gasteiger partial charge in [0.15, 0.2) is 0 Å². The van der Waals surface area contributed by atoms with Gasteiger partial charge in [-0.05, 0) is 30.5 Å². The predicted molar refractivity (Wildman–Crippen MR) is 70.6 cm³/mol. The van der Waals surface area contributed by atoms with Crippen LogP contribution in [0.5, 0.6) is 5.75 Å². The monoisotopic (exact) mass is 262 g/mol. The van der Waals surface area contributed by atoms with E-state index < -0.39 is 0 Å². The lowest BCUT2D eigenvalue weighted by Gasteiger charge is -2.24. The van der Waals surface area contributed by atoms with E-state index in [-0.39, 0.29) is 12.1 Å². The highest BCUT2D eigenvalue weighted by atomic mass is 16.5. The first-order chi connectivity index (χ1) is 9.24. The number of rotatable bonds is 5. The molecule has 0 saturated carbocycles. The van der Waals surface area contributed by atoms with Crippen LogP contribution in [0.15, 0.2) is 24.3 Å². The van der Waals surface area contributed by atoms with E-state index in [1.54, 1.807) is 12.0 Å². The van der Waals surface area contributed by atoms with Crippen LogP contribution in [0.1, 0.15) is 18.4 Å². The molecule has 0 aliphatic carbocycles. The van der Waals surface area contributed by atoms with Crippen LogP contribution in [0.2, 0.25) is 0 Å². The second kappa shape index (κ2) is 6.22. The molecule has 2 rings (SSSR count). The molecule has 5 nitrogen and oxygen atoms in total. The molecule has 1 unspecified atom stereocenters. The van der Waals surface area contributed by atoms with Crippen molar-refractivity contribution < 1.29 is 14.3 Å². The van der Waals surface area contributed by atoms with Gasteiger partial charge in [-0.15, -0.1) is 0 Å². The van der Waals surface area contributed by atoms with Crippen molar-refractivity contribution in [1.29, 1.82) is 0 Å². The standard InChI is InChI=1S/C14H18N2O3/c1-19-12-5-2-4-11(8-12)9-14(18)16-7-3-6-13(16)15-10-17/h2,4-5,8,10,13H,3,6-7,9H2,1H3,(H,15,17). The minimum atomic E-state index is -0.157. The summed E-state index contributed by atoms with van der Waals surface area (Å²) in [6, 6.07) is 7.47. The highest BCUT2D eigenvalue weighted by Gasteiger charge is 2.27. The van der Waals surface area contributed by atoms with Gasteiger partial charge in [0.2, 0.25) is 12.3 Å². The van der Waals surface area contributed by atoms with E-state index in [4.69, 9.17) is 4.74 Å². The molecule has 0 aromatic heterocycles. The lowest BCUT2D eigenvalue weighted by Crippen LogP contribution is -2.44. The molecule has 0 spiro atoms. The van der Waals surface area contributed by atoms with E-state index in [0.29, 0.717) is 19.4 Å². The van der Waals surface area contributed by atoms with Gasteiger partial charge in [-0.3, -0.25) is 9.59 Å². The second-order valence-electron chi connectivity index (χ2n) is 4.56. The fourth-order valence-corrected chi connectivity index (χ4v) is 2.38. The molecule has 1 N–H and O–H groups in total. The van der Waals surface area contributed by atoms with Crippen molar-refractivity contribution in [3.63, 3.8) is 0 Å². The lowest BCUT2D eigenvalue weighted by atomic mass is 10.1. The van der Waals surface area contributed by atoms with Crippen LogP contribution in [0.3, 0.4) is 0 Å². The number of hydrogen-bond acceptors (Lipinski definition) is 3. The van der Waals surface area contributed by atoms with E-state index in [2.05, 4.69) is 5.32 Å². The van der Waals surface area contributed by atoms with Crippen LogP contribution in [0.25, 0.3) is 0 Å². The zero-order chi connectivity index (χ0) is 13.7. The molecular weight excluding hydrogens is 244 g/mol. The summed E-state index contributed by atoms with van der Waals surface area (Å²) in [5, 5.41) is 2.68. The molecule has 19 heavy (non-hydrogen) atoms. The fraction of sp³-hybridized carbons (Fsp3) is 0.429. The molecule has 2 amide bonds. The summed E-state index contributed by atoms with van der Waals surface area (Å²) >= 11 is 0. The molecule has 102 valence electrons. The Morgan fingerprint density at radius 3 is 3.16 bits per heavy atom. The number of nitrogens with one attached hydrogen (secondary N) is 1. The van der Waals surface area contributed by atoms with E-state index >= 15 is 0 Å². The number of carbonyl (C=O) groups excluding carboxylic acids is 2. The van der Waals surface area contributed by atoms with Gasteiger partial charge in [0.25, 0.3) is 0 Å². The molecule has 1 saturated heterocycles. The van der Waals surface area contributed by atoms with Crippen molar-refractivity contribution in [1.82, 2.24) is 10.2 Å². The normalized spacial score (nSPS) is 18.2. The van der Waals surface area contributed by atoms with Gasteiger partial charge in [-0.2, -0.15) is 0 Å². The van der Waals surface area contributed by atoms with Crippen LogP contribution in [0.4, 0.5) is 0 Å². The molecule has 1 atom stereocenters. The zero-order valence-corrected chi connectivity index (χ0v) is 11.0. The van der Waals surface area contributed by atoms with Crippen molar-refractivity contribution in [2.75, 3.05) is 13.7 Å². The molecule has 1 heterocycles. The molecule has 1 aromatic carbocycles. The van der Waals surface area contributed by atoms with Gasteiger partial charge in [0, 0.05) is 6.54 Å². The van der Waals surface area contributed by atoms with Gasteiger partial charge in [-0.1, -0.05) is 12.1 Å². The van der Waals surface area contributed by atoms with Crippen molar-refractivity contribution in [3.05, 3.63) is 29.8 Å². The molecule has 1 aromatic rings. The Kier molecular flexibility index (Phi) is 4.39. The SMILES string of the molecule is COc1cccc(CC(=O)N2CCCC2NC=O)c1. The Balaban J connectivity index is 2.01.